The molecule has 0 radical (unpaired) electrons. The van der Waals surface area contributed by atoms with Crippen LogP contribution in [0.5, 0.6) is 17.2 Å². The molecule has 2 aromatic carbocycles. The highest BCUT2D eigenvalue weighted by molar-refractivity contribution is 6.31. The molecule has 0 fully saturated rings. The van der Waals surface area contributed by atoms with Crippen molar-refractivity contribution < 1.29 is 44.3 Å². The molecule has 2 aromatic rings. The molecule has 0 spiro atoms. The minimum Gasteiger partial charge on any atom is -0.507 e. The predicted molar refractivity (Wildman–Crippen MR) is 100 cm³/mol. The summed E-state index contributed by atoms with van der Waals surface area (Å²) in [4.78, 5) is 39.0. The molecule has 0 heterocycles. The number of hydrogen-bond donors (Lipinski definition) is 4. The largest absolute Gasteiger partial charge is 0.507 e. The second kappa shape index (κ2) is 6.36. The zero-order valence-electron chi connectivity index (χ0n) is 16.2. The van der Waals surface area contributed by atoms with Gasteiger partial charge in [-0.15, -0.1) is 0 Å². The van der Waals surface area contributed by atoms with E-state index in [9.17, 15) is 34.8 Å². The van der Waals surface area contributed by atoms with E-state index in [-0.39, 0.29) is 33.6 Å². The van der Waals surface area contributed by atoms with Gasteiger partial charge in [-0.3, -0.25) is 14.4 Å². The minimum absolute atomic E-state index is 0.135. The van der Waals surface area contributed by atoms with Gasteiger partial charge in [0.05, 0.1) is 18.2 Å². The van der Waals surface area contributed by atoms with Gasteiger partial charge in [-0.2, -0.15) is 0 Å². The number of benzene rings is 2. The number of aliphatic hydroxyl groups excluding tert-OH is 1. The Bertz CT molecular complexity index is 1150. The highest BCUT2D eigenvalue weighted by Crippen LogP contribution is 2.47. The van der Waals surface area contributed by atoms with Gasteiger partial charge in [-0.05, 0) is 19.1 Å². The first-order chi connectivity index (χ1) is 14.1. The first-order valence-electron chi connectivity index (χ1n) is 8.94. The summed E-state index contributed by atoms with van der Waals surface area (Å²) in [6.45, 7) is 1.15. The highest BCUT2D eigenvalue weighted by atomic mass is 16.5. The van der Waals surface area contributed by atoms with E-state index in [0.29, 0.717) is 0 Å². The zero-order valence-corrected chi connectivity index (χ0v) is 16.2. The fourth-order valence-electron chi connectivity index (χ4n) is 4.21. The Labute approximate surface area is 170 Å². The fraction of sp³-hybridized carbons (Fsp3) is 0.286. The van der Waals surface area contributed by atoms with Crippen molar-refractivity contribution in [2.75, 3.05) is 14.2 Å². The molecule has 9 nitrogen and oxygen atoms in total. The third-order valence-electron chi connectivity index (χ3n) is 5.71. The van der Waals surface area contributed by atoms with Crippen LogP contribution in [0.1, 0.15) is 60.8 Å². The predicted octanol–water partition coefficient (Wildman–Crippen LogP) is 0.877. The molecule has 4 N–H and O–H groups in total. The average molecular weight is 414 g/mol. The summed E-state index contributed by atoms with van der Waals surface area (Å²) in [5.41, 5.74) is -3.98. The SMILES string of the molecule is COc1cc(O)c2c(c1)C(=O)c1cc3c(c(O)c1C2=O)[C@@H](O)[C@H](OC)[C@@](C)(O)C3=O. The number of Topliss-reactive ketones (excluding diaryl/α,β-unsaturated/α-hetero) is 1. The van der Waals surface area contributed by atoms with Crippen LogP contribution >= 0.6 is 0 Å². The molecule has 3 atom stereocenters. The summed E-state index contributed by atoms with van der Waals surface area (Å²) in [5, 5.41) is 42.3. The summed E-state index contributed by atoms with van der Waals surface area (Å²) in [5.74, 6) is -3.63. The summed E-state index contributed by atoms with van der Waals surface area (Å²) >= 11 is 0. The maximum atomic E-state index is 13.1. The van der Waals surface area contributed by atoms with Gasteiger partial charge in [0.2, 0.25) is 5.78 Å². The molecule has 2 aliphatic carbocycles. The standard InChI is InChI=1S/C21H18O9/c1-21(28)19(27)10-6-9-13(17(25)14(10)18(26)20(21)30-3)16(24)12-8(15(9)23)4-7(29-2)5-11(12)22/h4-6,18,20,22,25-26,28H,1-3H3/t18-,20+,21+/m1/s1. The first kappa shape index (κ1) is 20.0. The Balaban J connectivity index is 2.03. The van der Waals surface area contributed by atoms with Crippen LogP contribution in [0.15, 0.2) is 18.2 Å². The van der Waals surface area contributed by atoms with Crippen LogP contribution in [0.3, 0.4) is 0 Å². The van der Waals surface area contributed by atoms with Crippen molar-refractivity contribution in [3.63, 3.8) is 0 Å². The van der Waals surface area contributed by atoms with Crippen LogP contribution in [-0.4, -0.2) is 63.7 Å². The lowest BCUT2D eigenvalue weighted by atomic mass is 9.72. The molecule has 0 bridgehead atoms. The Morgan fingerprint density at radius 1 is 0.933 bits per heavy atom. The molecule has 0 aromatic heterocycles. The number of phenolic OH excluding ortho intramolecular Hbond substituents is 2. The first-order valence-corrected chi connectivity index (χ1v) is 8.94. The van der Waals surface area contributed by atoms with Gasteiger partial charge < -0.3 is 29.9 Å². The molecule has 0 saturated heterocycles. The number of hydrogen-bond acceptors (Lipinski definition) is 9. The average Bonchev–Trinajstić information content (AvgIpc) is 2.69. The Hall–Kier alpha value is -3.27. The second-order valence-electron chi connectivity index (χ2n) is 7.41. The summed E-state index contributed by atoms with van der Waals surface area (Å²) < 4.78 is 10.1. The quantitative estimate of drug-likeness (QED) is 0.479. The second-order valence-corrected chi connectivity index (χ2v) is 7.41. The fourth-order valence-corrected chi connectivity index (χ4v) is 4.21. The van der Waals surface area contributed by atoms with E-state index in [2.05, 4.69) is 0 Å². The van der Waals surface area contributed by atoms with Crippen LogP contribution in [-0.2, 0) is 4.74 Å². The number of ketones is 3. The van der Waals surface area contributed by atoms with Crippen molar-refractivity contribution in [3.8, 4) is 17.2 Å². The molecule has 0 saturated carbocycles. The van der Waals surface area contributed by atoms with Gasteiger partial charge in [0.15, 0.2) is 17.2 Å². The van der Waals surface area contributed by atoms with E-state index >= 15 is 0 Å². The van der Waals surface area contributed by atoms with Crippen molar-refractivity contribution in [2.24, 2.45) is 0 Å². The number of aliphatic hydroxyl groups is 2. The van der Waals surface area contributed by atoms with Gasteiger partial charge in [0, 0.05) is 35.4 Å². The van der Waals surface area contributed by atoms with Crippen LogP contribution in [0.25, 0.3) is 0 Å². The molecule has 0 unspecified atom stereocenters. The highest BCUT2D eigenvalue weighted by Gasteiger charge is 2.52. The summed E-state index contributed by atoms with van der Waals surface area (Å²) in [6.07, 6.45) is -3.07. The van der Waals surface area contributed by atoms with Crippen molar-refractivity contribution in [3.05, 3.63) is 51.6 Å². The van der Waals surface area contributed by atoms with Gasteiger partial charge in [0.1, 0.15) is 29.5 Å². The van der Waals surface area contributed by atoms with E-state index in [0.717, 1.165) is 19.1 Å². The maximum absolute atomic E-state index is 13.1. The van der Waals surface area contributed by atoms with Crippen molar-refractivity contribution in [2.45, 2.75) is 24.7 Å². The topological polar surface area (TPSA) is 151 Å². The molecule has 156 valence electrons. The van der Waals surface area contributed by atoms with Crippen molar-refractivity contribution in [1.29, 1.82) is 0 Å². The molecule has 30 heavy (non-hydrogen) atoms. The third kappa shape index (κ3) is 2.37. The van der Waals surface area contributed by atoms with Crippen molar-refractivity contribution in [1.82, 2.24) is 0 Å². The zero-order chi connectivity index (χ0) is 22.1. The number of fused-ring (bicyclic) bond motifs is 3. The van der Waals surface area contributed by atoms with Gasteiger partial charge in [0.25, 0.3) is 0 Å². The molecular weight excluding hydrogens is 396 g/mol. The number of rotatable bonds is 2. The molecule has 2 aliphatic rings. The number of aromatic hydroxyl groups is 2. The van der Waals surface area contributed by atoms with E-state index in [1.807, 2.05) is 0 Å². The number of ether oxygens (including phenoxy) is 2. The number of carbonyl (C=O) groups is 3. The smallest absolute Gasteiger partial charge is 0.201 e. The molecule has 4 rings (SSSR count). The molecule has 0 aliphatic heterocycles. The van der Waals surface area contributed by atoms with E-state index in [4.69, 9.17) is 9.47 Å². The van der Waals surface area contributed by atoms with Crippen LogP contribution in [0, 0.1) is 0 Å². The Kier molecular flexibility index (Phi) is 4.25. The lowest BCUT2D eigenvalue weighted by Crippen LogP contribution is -2.54. The maximum Gasteiger partial charge on any atom is 0.201 e. The van der Waals surface area contributed by atoms with Crippen molar-refractivity contribution >= 4 is 17.3 Å². The summed E-state index contributed by atoms with van der Waals surface area (Å²) in [6, 6.07) is 3.49. The van der Waals surface area contributed by atoms with Crippen LogP contribution in [0.4, 0.5) is 0 Å². The third-order valence-corrected chi connectivity index (χ3v) is 5.71. The van der Waals surface area contributed by atoms with Crippen LogP contribution < -0.4 is 4.74 Å². The number of carbonyl (C=O) groups excluding carboxylic acids is 3. The van der Waals surface area contributed by atoms with E-state index in [1.165, 1.54) is 20.3 Å². The normalized spacial score (nSPS) is 24.9. The van der Waals surface area contributed by atoms with Gasteiger partial charge in [-0.1, -0.05) is 0 Å². The molecule has 0 amide bonds. The van der Waals surface area contributed by atoms with E-state index < -0.39 is 52.2 Å². The molecule has 9 heteroatoms. The van der Waals surface area contributed by atoms with Crippen LogP contribution in [0.2, 0.25) is 0 Å². The minimum atomic E-state index is -2.14. The Morgan fingerprint density at radius 3 is 2.17 bits per heavy atom. The lowest BCUT2D eigenvalue weighted by Gasteiger charge is -2.39. The summed E-state index contributed by atoms with van der Waals surface area (Å²) in [7, 11) is 2.49. The van der Waals surface area contributed by atoms with Gasteiger partial charge >= 0.3 is 0 Å². The molecular formula is C21H18O9. The Morgan fingerprint density at radius 2 is 1.57 bits per heavy atom. The monoisotopic (exact) mass is 414 g/mol. The lowest BCUT2D eigenvalue weighted by molar-refractivity contribution is -0.119. The van der Waals surface area contributed by atoms with Gasteiger partial charge in [-0.25, -0.2) is 0 Å². The number of phenols is 2. The number of methoxy groups -OCH3 is 2. The van der Waals surface area contributed by atoms with E-state index in [1.54, 1.807) is 0 Å².